The summed E-state index contributed by atoms with van der Waals surface area (Å²) < 4.78 is 10.3. The lowest BCUT2D eigenvalue weighted by atomic mass is 9.90. The van der Waals surface area contributed by atoms with Gasteiger partial charge >= 0.3 is 11.9 Å². The molecule has 7 nitrogen and oxygen atoms in total. The standard InChI is InChI=1S/C22H32N2O5/c1-12-14(9-10-16(25)28-8)18(19(26)29-21(3,4)5)24-17(12)13(2)15-11-22(6,7)20(27)23-15/h24H,9-11H2,1-8H3,(H,23,27)/b15-13-. The maximum absolute atomic E-state index is 12.8. The largest absolute Gasteiger partial charge is 0.469 e. The predicted octanol–water partition coefficient (Wildman–Crippen LogP) is 3.66. The van der Waals surface area contributed by atoms with Gasteiger partial charge in [0.15, 0.2) is 0 Å². The summed E-state index contributed by atoms with van der Waals surface area (Å²) in [6, 6.07) is 0. The van der Waals surface area contributed by atoms with Crippen LogP contribution in [0, 0.1) is 12.3 Å². The van der Waals surface area contributed by atoms with Gasteiger partial charge in [-0.3, -0.25) is 9.59 Å². The number of hydrogen-bond acceptors (Lipinski definition) is 5. The maximum Gasteiger partial charge on any atom is 0.355 e. The Hall–Kier alpha value is -2.57. The molecule has 1 aromatic heterocycles. The Bertz CT molecular complexity index is 868. The molecule has 1 saturated heterocycles. The van der Waals surface area contributed by atoms with E-state index in [4.69, 9.17) is 9.47 Å². The summed E-state index contributed by atoms with van der Waals surface area (Å²) in [6.07, 6.45) is 1.10. The molecular formula is C22H32N2O5. The summed E-state index contributed by atoms with van der Waals surface area (Å²) in [5.74, 6) is -0.836. The van der Waals surface area contributed by atoms with Gasteiger partial charge in [-0.1, -0.05) is 13.8 Å². The Labute approximate surface area is 172 Å². The van der Waals surface area contributed by atoms with Gasteiger partial charge in [0.2, 0.25) is 5.91 Å². The van der Waals surface area contributed by atoms with E-state index >= 15 is 0 Å². The third-order valence-corrected chi connectivity index (χ3v) is 5.11. The number of aromatic nitrogens is 1. The van der Waals surface area contributed by atoms with Crippen molar-refractivity contribution < 1.29 is 23.9 Å². The zero-order valence-electron chi connectivity index (χ0n) is 18.7. The molecule has 1 amide bonds. The normalized spacial score (nSPS) is 17.7. The molecule has 29 heavy (non-hydrogen) atoms. The van der Waals surface area contributed by atoms with E-state index in [-0.39, 0.29) is 18.3 Å². The summed E-state index contributed by atoms with van der Waals surface area (Å²) in [5, 5.41) is 2.96. The fraction of sp³-hybridized carbons (Fsp3) is 0.591. The van der Waals surface area contributed by atoms with Crippen LogP contribution < -0.4 is 5.32 Å². The van der Waals surface area contributed by atoms with Gasteiger partial charge in [0, 0.05) is 29.6 Å². The molecule has 2 heterocycles. The van der Waals surface area contributed by atoms with Gasteiger partial charge in [-0.25, -0.2) is 4.79 Å². The molecule has 0 saturated carbocycles. The highest BCUT2D eigenvalue weighted by Gasteiger charge is 2.37. The molecule has 2 rings (SSSR count). The fourth-order valence-corrected chi connectivity index (χ4v) is 3.40. The number of methoxy groups -OCH3 is 1. The number of hydrogen-bond donors (Lipinski definition) is 2. The average molecular weight is 405 g/mol. The molecule has 0 unspecified atom stereocenters. The Morgan fingerprint density at radius 3 is 2.28 bits per heavy atom. The second-order valence-corrected chi connectivity index (χ2v) is 9.17. The number of ether oxygens (including phenoxy) is 2. The van der Waals surface area contributed by atoms with E-state index in [1.807, 2.05) is 27.7 Å². The zero-order valence-corrected chi connectivity index (χ0v) is 18.7. The molecule has 0 spiro atoms. The SMILES string of the molecule is COC(=O)CCc1c(C(=O)OC(C)(C)C)[nH]c(/C(C)=C2/CC(C)(C)C(=O)N2)c1C. The molecule has 1 fully saturated rings. The van der Waals surface area contributed by atoms with Gasteiger partial charge in [0.25, 0.3) is 0 Å². The van der Waals surface area contributed by atoms with E-state index in [0.29, 0.717) is 18.5 Å². The molecule has 1 aromatic rings. The van der Waals surface area contributed by atoms with Crippen molar-refractivity contribution in [3.8, 4) is 0 Å². The molecule has 160 valence electrons. The van der Waals surface area contributed by atoms with Crippen LogP contribution in [0.5, 0.6) is 0 Å². The van der Waals surface area contributed by atoms with Crippen molar-refractivity contribution in [2.75, 3.05) is 7.11 Å². The topological polar surface area (TPSA) is 97.5 Å². The van der Waals surface area contributed by atoms with Crippen LogP contribution in [0.15, 0.2) is 5.70 Å². The average Bonchev–Trinajstić information content (AvgIpc) is 3.07. The first-order chi connectivity index (χ1) is 13.3. The van der Waals surface area contributed by atoms with Gasteiger partial charge in [0.05, 0.1) is 7.11 Å². The molecule has 1 aliphatic heterocycles. The molecule has 0 atom stereocenters. The minimum Gasteiger partial charge on any atom is -0.469 e. The molecule has 2 N–H and O–H groups in total. The van der Waals surface area contributed by atoms with E-state index < -0.39 is 17.0 Å². The van der Waals surface area contributed by atoms with Gasteiger partial charge in [-0.05, 0) is 57.7 Å². The van der Waals surface area contributed by atoms with Crippen LogP contribution in [0.4, 0.5) is 0 Å². The smallest absolute Gasteiger partial charge is 0.355 e. The number of esters is 2. The lowest BCUT2D eigenvalue weighted by Crippen LogP contribution is -2.25. The van der Waals surface area contributed by atoms with Crippen molar-refractivity contribution in [2.24, 2.45) is 5.41 Å². The Balaban J connectivity index is 2.50. The maximum atomic E-state index is 12.8. The summed E-state index contributed by atoms with van der Waals surface area (Å²) in [7, 11) is 1.34. The number of carbonyl (C=O) groups excluding carboxylic acids is 3. The van der Waals surface area contributed by atoms with Crippen molar-refractivity contribution >= 4 is 23.4 Å². The fourth-order valence-electron chi connectivity index (χ4n) is 3.40. The third-order valence-electron chi connectivity index (χ3n) is 5.11. The van der Waals surface area contributed by atoms with E-state index in [0.717, 1.165) is 28.1 Å². The number of allylic oxidation sites excluding steroid dienone is 2. The minimum atomic E-state index is -0.646. The van der Waals surface area contributed by atoms with E-state index in [9.17, 15) is 14.4 Å². The molecule has 0 radical (unpaired) electrons. The van der Waals surface area contributed by atoms with Gasteiger partial charge in [-0.15, -0.1) is 0 Å². The number of aromatic amines is 1. The van der Waals surface area contributed by atoms with Crippen molar-refractivity contribution in [1.29, 1.82) is 0 Å². The van der Waals surface area contributed by atoms with Crippen LogP contribution in [0.25, 0.3) is 5.57 Å². The quantitative estimate of drug-likeness (QED) is 0.730. The lowest BCUT2D eigenvalue weighted by molar-refractivity contribution is -0.140. The Morgan fingerprint density at radius 2 is 1.79 bits per heavy atom. The van der Waals surface area contributed by atoms with Crippen molar-refractivity contribution in [2.45, 2.75) is 73.3 Å². The van der Waals surface area contributed by atoms with Gasteiger partial charge in [-0.2, -0.15) is 0 Å². The molecule has 0 aromatic carbocycles. The number of nitrogens with one attached hydrogen (secondary N) is 2. The van der Waals surface area contributed by atoms with Crippen LogP contribution in [0.3, 0.4) is 0 Å². The Morgan fingerprint density at radius 1 is 1.17 bits per heavy atom. The predicted molar refractivity (Wildman–Crippen MR) is 110 cm³/mol. The molecular weight excluding hydrogens is 372 g/mol. The highest BCUT2D eigenvalue weighted by Crippen LogP contribution is 2.36. The highest BCUT2D eigenvalue weighted by molar-refractivity contribution is 5.93. The van der Waals surface area contributed by atoms with Crippen LogP contribution in [-0.4, -0.2) is 35.5 Å². The molecule has 0 aliphatic carbocycles. The number of amides is 1. The number of carbonyl (C=O) groups is 3. The molecule has 7 heteroatoms. The van der Waals surface area contributed by atoms with E-state index in [2.05, 4.69) is 10.3 Å². The summed E-state index contributed by atoms with van der Waals surface area (Å²) >= 11 is 0. The molecule has 1 aliphatic rings. The Kier molecular flexibility index (Phi) is 6.30. The minimum absolute atomic E-state index is 0.0191. The van der Waals surface area contributed by atoms with E-state index in [1.165, 1.54) is 7.11 Å². The summed E-state index contributed by atoms with van der Waals surface area (Å²) in [6.45, 7) is 13.0. The van der Waals surface area contributed by atoms with Crippen molar-refractivity contribution in [1.82, 2.24) is 10.3 Å². The monoisotopic (exact) mass is 404 g/mol. The summed E-state index contributed by atoms with van der Waals surface area (Å²) in [4.78, 5) is 39.9. The highest BCUT2D eigenvalue weighted by atomic mass is 16.6. The van der Waals surface area contributed by atoms with Crippen LogP contribution >= 0.6 is 0 Å². The van der Waals surface area contributed by atoms with Crippen LogP contribution in [-0.2, 0) is 25.5 Å². The number of H-pyrrole nitrogens is 1. The zero-order chi connectivity index (χ0) is 22.1. The second kappa shape index (κ2) is 8.05. The second-order valence-electron chi connectivity index (χ2n) is 9.17. The van der Waals surface area contributed by atoms with Crippen molar-refractivity contribution in [3.63, 3.8) is 0 Å². The third kappa shape index (κ3) is 5.08. The molecule has 0 bridgehead atoms. The lowest BCUT2D eigenvalue weighted by Gasteiger charge is -2.19. The van der Waals surface area contributed by atoms with E-state index in [1.54, 1.807) is 20.8 Å². The first kappa shape index (κ1) is 22.7. The van der Waals surface area contributed by atoms with Gasteiger partial charge < -0.3 is 19.8 Å². The summed E-state index contributed by atoms with van der Waals surface area (Å²) in [5.41, 5.74) is 3.27. The van der Waals surface area contributed by atoms with Crippen LogP contribution in [0.1, 0.15) is 81.7 Å². The number of rotatable bonds is 5. The van der Waals surface area contributed by atoms with Crippen molar-refractivity contribution in [3.05, 3.63) is 28.2 Å². The first-order valence-electron chi connectivity index (χ1n) is 9.80. The van der Waals surface area contributed by atoms with Crippen LogP contribution in [0.2, 0.25) is 0 Å². The first-order valence-corrected chi connectivity index (χ1v) is 9.80. The van der Waals surface area contributed by atoms with Gasteiger partial charge in [0.1, 0.15) is 11.3 Å².